The average Bonchev–Trinajstić information content (AvgIpc) is 2.73. The van der Waals surface area contributed by atoms with Crippen LogP contribution in [0.1, 0.15) is 17.0 Å². The van der Waals surface area contributed by atoms with Gasteiger partial charge in [0, 0.05) is 19.1 Å². The molecule has 0 aliphatic carbocycles. The number of amides is 1. The van der Waals surface area contributed by atoms with Crippen molar-refractivity contribution in [2.24, 2.45) is 5.73 Å². The van der Waals surface area contributed by atoms with Crippen LogP contribution in [-0.4, -0.2) is 29.9 Å². The highest BCUT2D eigenvalue weighted by Gasteiger charge is 2.26. The van der Waals surface area contributed by atoms with Crippen molar-refractivity contribution in [1.29, 1.82) is 0 Å². The number of carbonyl (C=O) groups is 1. The summed E-state index contributed by atoms with van der Waals surface area (Å²) in [7, 11) is 0. The van der Waals surface area contributed by atoms with Crippen LogP contribution in [0.25, 0.3) is 0 Å². The van der Waals surface area contributed by atoms with Gasteiger partial charge in [-0.05, 0) is 30.2 Å². The summed E-state index contributed by atoms with van der Waals surface area (Å²) in [5.41, 5.74) is 5.70. The zero-order chi connectivity index (χ0) is 10.1. The van der Waals surface area contributed by atoms with Crippen molar-refractivity contribution in [3.63, 3.8) is 0 Å². The Hall–Kier alpha value is -1.00. The van der Waals surface area contributed by atoms with Crippen LogP contribution < -0.4 is 5.73 Å². The van der Waals surface area contributed by atoms with Gasteiger partial charge in [0.2, 0.25) is 0 Å². The molecule has 14 heavy (non-hydrogen) atoms. The molecule has 1 saturated heterocycles. The van der Waals surface area contributed by atoms with E-state index >= 15 is 0 Å². The summed E-state index contributed by atoms with van der Waals surface area (Å²) in [6.07, 6.45) is 0.847. The third kappa shape index (κ3) is 1.76. The molecule has 1 aliphatic rings. The van der Waals surface area contributed by atoms with Crippen LogP contribution in [-0.2, 0) is 0 Å². The van der Waals surface area contributed by atoms with E-state index in [1.54, 1.807) is 17.0 Å². The predicted molar refractivity (Wildman–Crippen MR) is 52.2 cm³/mol. The minimum Gasteiger partial charge on any atom is -0.440 e. The Morgan fingerprint density at radius 2 is 2.43 bits per heavy atom. The van der Waals surface area contributed by atoms with E-state index in [9.17, 15) is 4.79 Å². The average molecular weight is 215 g/mol. The summed E-state index contributed by atoms with van der Waals surface area (Å²) in [5.74, 6) is 0.147. The monoisotopic (exact) mass is 214 g/mol. The maximum Gasteiger partial charge on any atom is 0.289 e. The molecule has 1 aliphatic heterocycles. The van der Waals surface area contributed by atoms with Gasteiger partial charge in [-0.25, -0.2) is 0 Å². The van der Waals surface area contributed by atoms with Crippen LogP contribution in [0.3, 0.4) is 0 Å². The SMILES string of the molecule is N[C@H]1CCN(C(=O)c2ccc(Cl)o2)C1. The molecule has 0 radical (unpaired) electrons. The molecule has 0 saturated carbocycles. The van der Waals surface area contributed by atoms with Gasteiger partial charge in [0.25, 0.3) is 5.91 Å². The Kier molecular flexibility index (Phi) is 2.48. The second-order valence-corrected chi connectivity index (χ2v) is 3.78. The molecule has 0 unspecified atom stereocenters. The molecule has 0 aromatic carbocycles. The summed E-state index contributed by atoms with van der Waals surface area (Å²) in [6, 6.07) is 3.23. The number of hydrogen-bond donors (Lipinski definition) is 1. The van der Waals surface area contributed by atoms with E-state index in [-0.39, 0.29) is 22.9 Å². The maximum atomic E-state index is 11.7. The van der Waals surface area contributed by atoms with Gasteiger partial charge in [0.1, 0.15) is 0 Å². The Labute approximate surface area is 86.6 Å². The molecule has 4 nitrogen and oxygen atoms in total. The van der Waals surface area contributed by atoms with Crippen molar-refractivity contribution in [3.8, 4) is 0 Å². The van der Waals surface area contributed by atoms with Crippen LogP contribution in [0.4, 0.5) is 0 Å². The molecule has 76 valence electrons. The predicted octanol–water partition coefficient (Wildman–Crippen LogP) is 1.11. The minimum absolute atomic E-state index is 0.0874. The number of carbonyl (C=O) groups excluding carboxylic acids is 1. The number of likely N-dealkylation sites (tertiary alicyclic amines) is 1. The van der Waals surface area contributed by atoms with Crippen molar-refractivity contribution in [2.45, 2.75) is 12.5 Å². The Morgan fingerprint density at radius 1 is 1.64 bits per heavy atom. The van der Waals surface area contributed by atoms with Crippen LogP contribution in [0.5, 0.6) is 0 Å². The van der Waals surface area contributed by atoms with E-state index in [4.69, 9.17) is 21.8 Å². The van der Waals surface area contributed by atoms with Crippen LogP contribution in [0.15, 0.2) is 16.5 Å². The van der Waals surface area contributed by atoms with E-state index in [1.165, 1.54) is 0 Å². The lowest BCUT2D eigenvalue weighted by atomic mass is 10.3. The van der Waals surface area contributed by atoms with Crippen molar-refractivity contribution in [2.75, 3.05) is 13.1 Å². The normalized spacial score (nSPS) is 21.6. The van der Waals surface area contributed by atoms with E-state index in [2.05, 4.69) is 0 Å². The third-order valence-electron chi connectivity index (χ3n) is 2.30. The van der Waals surface area contributed by atoms with Crippen LogP contribution in [0, 0.1) is 0 Å². The fourth-order valence-electron chi connectivity index (χ4n) is 1.56. The first-order valence-corrected chi connectivity index (χ1v) is 4.85. The van der Waals surface area contributed by atoms with Gasteiger partial charge >= 0.3 is 0 Å². The number of halogens is 1. The highest BCUT2D eigenvalue weighted by Crippen LogP contribution is 2.17. The van der Waals surface area contributed by atoms with Gasteiger partial charge in [0.05, 0.1) is 0 Å². The Morgan fingerprint density at radius 3 is 2.93 bits per heavy atom. The molecule has 2 N–H and O–H groups in total. The standard InChI is InChI=1S/C9H11ClN2O2/c10-8-2-1-7(14-8)9(13)12-4-3-6(11)5-12/h1-2,6H,3-5,11H2/t6-/m0/s1. The molecule has 2 heterocycles. The smallest absolute Gasteiger partial charge is 0.289 e. The minimum atomic E-state index is -0.134. The number of furan rings is 1. The summed E-state index contributed by atoms with van der Waals surface area (Å²) in [4.78, 5) is 13.4. The largest absolute Gasteiger partial charge is 0.440 e. The van der Waals surface area contributed by atoms with Gasteiger partial charge in [-0.3, -0.25) is 4.79 Å². The van der Waals surface area contributed by atoms with Crippen molar-refractivity contribution in [3.05, 3.63) is 23.1 Å². The summed E-state index contributed by atoms with van der Waals surface area (Å²) in [5, 5.41) is 0.233. The molecule has 1 aromatic heterocycles. The second-order valence-electron chi connectivity index (χ2n) is 3.40. The van der Waals surface area contributed by atoms with Gasteiger partial charge < -0.3 is 15.1 Å². The molecule has 1 atom stereocenters. The zero-order valence-corrected chi connectivity index (χ0v) is 8.33. The molecule has 2 rings (SSSR count). The molecule has 5 heteroatoms. The fourth-order valence-corrected chi connectivity index (χ4v) is 1.70. The Balaban J connectivity index is 2.09. The highest BCUT2D eigenvalue weighted by molar-refractivity contribution is 6.29. The van der Waals surface area contributed by atoms with Crippen molar-refractivity contribution in [1.82, 2.24) is 4.90 Å². The first-order valence-electron chi connectivity index (χ1n) is 4.47. The summed E-state index contributed by atoms with van der Waals surface area (Å²) >= 11 is 5.58. The van der Waals surface area contributed by atoms with Crippen LogP contribution >= 0.6 is 11.6 Å². The first kappa shape index (κ1) is 9.55. The fraction of sp³-hybridized carbons (Fsp3) is 0.444. The lowest BCUT2D eigenvalue weighted by Crippen LogP contribution is -2.31. The molecule has 1 fully saturated rings. The van der Waals surface area contributed by atoms with E-state index < -0.39 is 0 Å². The third-order valence-corrected chi connectivity index (χ3v) is 2.50. The maximum absolute atomic E-state index is 11.7. The van der Waals surface area contributed by atoms with E-state index in [0.29, 0.717) is 13.1 Å². The van der Waals surface area contributed by atoms with Gasteiger partial charge in [-0.2, -0.15) is 0 Å². The molecule has 0 spiro atoms. The topological polar surface area (TPSA) is 59.5 Å². The molecule has 0 bridgehead atoms. The van der Waals surface area contributed by atoms with E-state index in [0.717, 1.165) is 6.42 Å². The lowest BCUT2D eigenvalue weighted by molar-refractivity contribution is 0.0759. The Bertz CT molecular complexity index is 350. The number of rotatable bonds is 1. The molecular formula is C9H11ClN2O2. The van der Waals surface area contributed by atoms with Gasteiger partial charge in [-0.1, -0.05) is 0 Å². The molecular weight excluding hydrogens is 204 g/mol. The second kappa shape index (κ2) is 3.63. The number of hydrogen-bond acceptors (Lipinski definition) is 3. The van der Waals surface area contributed by atoms with E-state index in [1.807, 2.05) is 0 Å². The van der Waals surface area contributed by atoms with Crippen molar-refractivity contribution < 1.29 is 9.21 Å². The van der Waals surface area contributed by atoms with Gasteiger partial charge in [0.15, 0.2) is 11.0 Å². The summed E-state index contributed by atoms with van der Waals surface area (Å²) < 4.78 is 5.03. The van der Waals surface area contributed by atoms with Gasteiger partial charge in [-0.15, -0.1) is 0 Å². The van der Waals surface area contributed by atoms with Crippen LogP contribution in [0.2, 0.25) is 5.22 Å². The quantitative estimate of drug-likeness (QED) is 0.762. The number of nitrogens with two attached hydrogens (primary N) is 1. The molecule has 1 aromatic rings. The van der Waals surface area contributed by atoms with Crippen molar-refractivity contribution >= 4 is 17.5 Å². The lowest BCUT2D eigenvalue weighted by Gasteiger charge is -2.13. The highest BCUT2D eigenvalue weighted by atomic mass is 35.5. The first-order chi connectivity index (χ1) is 6.66. The number of nitrogens with zero attached hydrogens (tertiary/aromatic N) is 1. The molecule has 1 amide bonds. The zero-order valence-electron chi connectivity index (χ0n) is 7.57. The summed E-state index contributed by atoms with van der Waals surface area (Å²) in [6.45, 7) is 1.29.